The number of aromatic nitrogens is 3. The van der Waals surface area contributed by atoms with Crippen LogP contribution in [-0.4, -0.2) is 51.2 Å². The molecule has 0 radical (unpaired) electrons. The Hall–Kier alpha value is -2.29. The van der Waals surface area contributed by atoms with Gasteiger partial charge in [-0.3, -0.25) is 9.59 Å². The van der Waals surface area contributed by atoms with E-state index >= 15 is 0 Å². The lowest BCUT2D eigenvalue weighted by Gasteiger charge is -2.17. The number of rotatable bonds is 10. The van der Waals surface area contributed by atoms with Crippen LogP contribution < -0.4 is 10.6 Å². The summed E-state index contributed by atoms with van der Waals surface area (Å²) in [5.41, 5.74) is 0. The zero-order valence-electron chi connectivity index (χ0n) is 16.9. The molecule has 0 saturated carbocycles. The number of carbonyl (C=O) groups is 2. The van der Waals surface area contributed by atoms with Gasteiger partial charge in [-0.25, -0.2) is 0 Å². The predicted molar refractivity (Wildman–Crippen MR) is 112 cm³/mol. The fraction of sp³-hybridized carbons (Fsp3) is 0.600. The van der Waals surface area contributed by atoms with Gasteiger partial charge in [0.25, 0.3) is 5.91 Å². The first-order chi connectivity index (χ1) is 14.2. The van der Waals surface area contributed by atoms with Crippen LogP contribution in [0.5, 0.6) is 0 Å². The highest BCUT2D eigenvalue weighted by atomic mass is 32.2. The monoisotopic (exact) mass is 419 g/mol. The molecule has 1 atom stereocenters. The summed E-state index contributed by atoms with van der Waals surface area (Å²) in [6.45, 7) is 1.52. The summed E-state index contributed by atoms with van der Waals surface area (Å²) < 4.78 is 7.35. The molecule has 1 aliphatic rings. The highest BCUT2D eigenvalue weighted by Crippen LogP contribution is 2.15. The van der Waals surface area contributed by atoms with Gasteiger partial charge in [0.2, 0.25) is 5.91 Å². The van der Waals surface area contributed by atoms with Crippen molar-refractivity contribution in [2.45, 2.75) is 57.5 Å². The predicted octanol–water partition coefficient (Wildman–Crippen LogP) is 2.20. The van der Waals surface area contributed by atoms with Gasteiger partial charge in [-0.1, -0.05) is 6.42 Å². The number of aryl methyl sites for hydroxylation is 2. The SMILES string of the molecule is CSCCC(NC(=O)c1ccco1)C(=O)NCCCc1nnc2n1CCCCC2. The number of nitrogens with zero attached hydrogens (tertiary/aromatic N) is 3. The normalized spacial score (nSPS) is 14.7. The van der Waals surface area contributed by atoms with Crippen molar-refractivity contribution in [3.63, 3.8) is 0 Å². The summed E-state index contributed by atoms with van der Waals surface area (Å²) in [6.07, 6.45) is 10.1. The molecule has 2 aromatic heterocycles. The van der Waals surface area contributed by atoms with E-state index < -0.39 is 6.04 Å². The second kappa shape index (κ2) is 11.0. The zero-order chi connectivity index (χ0) is 20.5. The van der Waals surface area contributed by atoms with Gasteiger partial charge >= 0.3 is 0 Å². The number of hydrogen-bond acceptors (Lipinski definition) is 6. The molecule has 158 valence electrons. The lowest BCUT2D eigenvalue weighted by molar-refractivity contribution is -0.123. The third-order valence-electron chi connectivity index (χ3n) is 5.04. The van der Waals surface area contributed by atoms with Gasteiger partial charge in [0.15, 0.2) is 5.76 Å². The highest BCUT2D eigenvalue weighted by Gasteiger charge is 2.22. The Balaban J connectivity index is 1.47. The molecule has 0 aromatic carbocycles. The highest BCUT2D eigenvalue weighted by molar-refractivity contribution is 7.98. The van der Waals surface area contributed by atoms with Crippen molar-refractivity contribution in [2.24, 2.45) is 0 Å². The minimum absolute atomic E-state index is 0.168. The van der Waals surface area contributed by atoms with Crippen LogP contribution in [0, 0.1) is 0 Å². The fourth-order valence-electron chi connectivity index (χ4n) is 3.45. The maximum absolute atomic E-state index is 12.6. The molecule has 3 rings (SSSR count). The van der Waals surface area contributed by atoms with Crippen molar-refractivity contribution in [1.82, 2.24) is 25.4 Å². The maximum atomic E-state index is 12.6. The minimum atomic E-state index is -0.579. The van der Waals surface area contributed by atoms with Crippen molar-refractivity contribution in [1.29, 1.82) is 0 Å². The summed E-state index contributed by atoms with van der Waals surface area (Å²) >= 11 is 1.64. The molecule has 0 spiro atoms. The summed E-state index contributed by atoms with van der Waals surface area (Å²) in [4.78, 5) is 24.8. The Labute approximate surface area is 175 Å². The van der Waals surface area contributed by atoms with Gasteiger partial charge in [0, 0.05) is 25.9 Å². The number of carbonyl (C=O) groups excluding carboxylic acids is 2. The van der Waals surface area contributed by atoms with E-state index in [1.165, 1.54) is 25.5 Å². The topological polar surface area (TPSA) is 102 Å². The van der Waals surface area contributed by atoms with Crippen molar-refractivity contribution < 1.29 is 14.0 Å². The quantitative estimate of drug-likeness (QED) is 0.573. The molecule has 0 saturated heterocycles. The molecule has 8 nitrogen and oxygen atoms in total. The van der Waals surface area contributed by atoms with Gasteiger partial charge in [-0.2, -0.15) is 11.8 Å². The van der Waals surface area contributed by atoms with E-state index in [-0.39, 0.29) is 17.6 Å². The summed E-state index contributed by atoms with van der Waals surface area (Å²) in [5.74, 6) is 2.53. The molecule has 9 heteroatoms. The molecule has 0 aliphatic carbocycles. The third-order valence-corrected chi connectivity index (χ3v) is 5.68. The van der Waals surface area contributed by atoms with Gasteiger partial charge in [-0.05, 0) is 49.8 Å². The van der Waals surface area contributed by atoms with Crippen molar-refractivity contribution in [2.75, 3.05) is 18.6 Å². The first kappa shape index (κ1) is 21.4. The van der Waals surface area contributed by atoms with E-state index in [0.717, 1.165) is 43.2 Å². The second-order valence-corrected chi connectivity index (χ2v) is 8.16. The Bertz CT molecular complexity index is 790. The van der Waals surface area contributed by atoms with Crippen LogP contribution in [0.1, 0.15) is 54.3 Å². The molecular formula is C20H29N5O3S. The molecule has 0 bridgehead atoms. The first-order valence-corrected chi connectivity index (χ1v) is 11.6. The number of furan rings is 1. The van der Waals surface area contributed by atoms with Crippen LogP contribution in [0.2, 0.25) is 0 Å². The number of nitrogens with one attached hydrogen (secondary N) is 2. The van der Waals surface area contributed by atoms with Crippen molar-refractivity contribution in [3.05, 3.63) is 35.8 Å². The Morgan fingerprint density at radius 3 is 3.00 bits per heavy atom. The fourth-order valence-corrected chi connectivity index (χ4v) is 3.92. The third kappa shape index (κ3) is 6.09. The van der Waals surface area contributed by atoms with Gasteiger partial charge < -0.3 is 19.6 Å². The molecule has 1 aliphatic heterocycles. The van der Waals surface area contributed by atoms with Crippen molar-refractivity contribution in [3.8, 4) is 0 Å². The van der Waals surface area contributed by atoms with Crippen LogP contribution in [0.15, 0.2) is 22.8 Å². The standard InChI is InChI=1S/C20H29N5O3S/c1-29-14-10-15(22-20(27)16-7-6-13-28-16)19(26)21-11-5-9-18-24-23-17-8-3-2-4-12-25(17)18/h6-7,13,15H,2-5,8-12,14H2,1H3,(H,21,26)(H,22,27). The Morgan fingerprint density at radius 2 is 2.21 bits per heavy atom. The van der Waals surface area contributed by atoms with Crippen LogP contribution in [0.4, 0.5) is 0 Å². The lowest BCUT2D eigenvalue weighted by Crippen LogP contribution is -2.47. The smallest absolute Gasteiger partial charge is 0.287 e. The van der Waals surface area contributed by atoms with Crippen LogP contribution >= 0.6 is 11.8 Å². The first-order valence-electron chi connectivity index (χ1n) is 10.2. The zero-order valence-corrected chi connectivity index (χ0v) is 17.7. The molecule has 29 heavy (non-hydrogen) atoms. The minimum Gasteiger partial charge on any atom is -0.459 e. The van der Waals surface area contributed by atoms with E-state index in [0.29, 0.717) is 13.0 Å². The van der Waals surface area contributed by atoms with E-state index in [1.54, 1.807) is 23.9 Å². The van der Waals surface area contributed by atoms with Crippen LogP contribution in [0.3, 0.4) is 0 Å². The van der Waals surface area contributed by atoms with Gasteiger partial charge in [0.05, 0.1) is 6.26 Å². The second-order valence-electron chi connectivity index (χ2n) is 7.17. The molecule has 1 unspecified atom stereocenters. The van der Waals surface area contributed by atoms with E-state index in [2.05, 4.69) is 25.4 Å². The number of amides is 2. The molecular weight excluding hydrogens is 390 g/mol. The summed E-state index contributed by atoms with van der Waals surface area (Å²) in [7, 11) is 0. The average Bonchev–Trinajstić information content (AvgIpc) is 3.33. The molecule has 2 N–H and O–H groups in total. The average molecular weight is 420 g/mol. The van der Waals surface area contributed by atoms with E-state index in [9.17, 15) is 9.59 Å². The Morgan fingerprint density at radius 1 is 1.31 bits per heavy atom. The molecule has 3 heterocycles. The summed E-state index contributed by atoms with van der Waals surface area (Å²) in [5, 5.41) is 14.4. The molecule has 2 aromatic rings. The summed E-state index contributed by atoms with van der Waals surface area (Å²) in [6, 6.07) is 2.65. The lowest BCUT2D eigenvalue weighted by atomic mass is 10.2. The van der Waals surface area contributed by atoms with Gasteiger partial charge in [-0.15, -0.1) is 10.2 Å². The number of fused-ring (bicyclic) bond motifs is 1. The van der Waals surface area contributed by atoms with Crippen LogP contribution in [-0.2, 0) is 24.2 Å². The number of hydrogen-bond donors (Lipinski definition) is 2. The Kier molecular flexibility index (Phi) is 8.15. The van der Waals surface area contributed by atoms with E-state index in [1.807, 2.05) is 6.26 Å². The number of thioether (sulfide) groups is 1. The largest absolute Gasteiger partial charge is 0.459 e. The maximum Gasteiger partial charge on any atom is 0.287 e. The van der Waals surface area contributed by atoms with Gasteiger partial charge in [0.1, 0.15) is 17.7 Å². The molecule has 0 fully saturated rings. The van der Waals surface area contributed by atoms with E-state index in [4.69, 9.17) is 4.42 Å². The van der Waals surface area contributed by atoms with Crippen molar-refractivity contribution >= 4 is 23.6 Å². The molecule has 2 amide bonds. The van der Waals surface area contributed by atoms with Crippen LogP contribution in [0.25, 0.3) is 0 Å².